The summed E-state index contributed by atoms with van der Waals surface area (Å²) in [4.78, 5) is 0. The van der Waals surface area contributed by atoms with E-state index in [1.165, 1.54) is 0 Å². The predicted octanol–water partition coefficient (Wildman–Crippen LogP) is 9.55. The lowest BCUT2D eigenvalue weighted by atomic mass is 9.99. The van der Waals surface area contributed by atoms with Crippen LogP contribution in [0.15, 0.2) is 0 Å². The Kier molecular flexibility index (Phi) is 12.4. The summed E-state index contributed by atoms with van der Waals surface area (Å²) in [6.45, 7) is 46.2. The van der Waals surface area contributed by atoms with Crippen LogP contribution in [0.3, 0.4) is 0 Å². The number of rotatable bonds is 10. The van der Waals surface area contributed by atoms with Crippen molar-refractivity contribution in [1.82, 2.24) is 0 Å². The molecule has 1 heterocycles. The average Bonchev–Trinajstić information content (AvgIpc) is 2.71. The maximum atomic E-state index is 7.38. The van der Waals surface area contributed by atoms with E-state index in [1.807, 2.05) is 0 Å². The Balaban J connectivity index is 3.83. The highest BCUT2D eigenvalue weighted by molar-refractivity contribution is 6.75. The van der Waals surface area contributed by atoms with Crippen molar-refractivity contribution >= 4 is 33.3 Å². The molecule has 0 aromatic rings. The van der Waals surface area contributed by atoms with E-state index in [-0.39, 0.29) is 38.5 Å². The van der Waals surface area contributed by atoms with Gasteiger partial charge in [-0.3, -0.25) is 0 Å². The number of hydrogen-bond donors (Lipinski definition) is 0. The van der Waals surface area contributed by atoms with Crippen LogP contribution in [-0.4, -0.2) is 77.7 Å². The topological polar surface area (TPSA) is 55.4 Å². The van der Waals surface area contributed by atoms with E-state index < -0.39 is 45.7 Å². The predicted molar refractivity (Wildman–Crippen MR) is 185 cm³/mol. The van der Waals surface area contributed by atoms with E-state index in [4.69, 9.17) is 27.2 Å². The molecule has 0 aromatic carbocycles. The summed E-state index contributed by atoms with van der Waals surface area (Å²) in [6, 6.07) is 0. The fourth-order valence-corrected chi connectivity index (χ4v) is 8.58. The van der Waals surface area contributed by atoms with Gasteiger partial charge in [-0.1, -0.05) is 83.1 Å². The van der Waals surface area contributed by atoms with Gasteiger partial charge < -0.3 is 27.2 Å². The second-order valence-electron chi connectivity index (χ2n) is 18.4. The summed E-state index contributed by atoms with van der Waals surface area (Å²) in [7, 11) is -7.05. The van der Waals surface area contributed by atoms with Crippen molar-refractivity contribution in [2.45, 2.75) is 186 Å². The Morgan fingerprint density at radius 3 is 1.12 bits per heavy atom. The van der Waals surface area contributed by atoms with E-state index >= 15 is 0 Å². The summed E-state index contributed by atoms with van der Waals surface area (Å²) < 4.78 is 41.6. The first kappa shape index (κ1) is 39.7. The van der Waals surface area contributed by atoms with Gasteiger partial charge in [-0.15, -0.1) is 0 Å². The van der Waals surface area contributed by atoms with Crippen molar-refractivity contribution in [2.75, 3.05) is 13.7 Å². The molecule has 6 nitrogen and oxygen atoms in total. The highest BCUT2D eigenvalue weighted by Crippen LogP contribution is 2.46. The van der Waals surface area contributed by atoms with Gasteiger partial charge in [0, 0.05) is 7.11 Å². The minimum atomic E-state index is -2.25. The molecule has 1 aliphatic heterocycles. The second kappa shape index (κ2) is 12.8. The average molecular weight is 651 g/mol. The molecule has 1 rings (SSSR count). The third kappa shape index (κ3) is 9.56. The maximum absolute atomic E-state index is 7.38. The molecule has 0 radical (unpaired) electrons. The molecule has 10 heteroatoms. The molecule has 41 heavy (non-hydrogen) atoms. The van der Waals surface area contributed by atoms with Crippen LogP contribution >= 0.6 is 0 Å². The summed E-state index contributed by atoms with van der Waals surface area (Å²) >= 11 is 0. The van der Waals surface area contributed by atoms with Crippen LogP contribution in [0.1, 0.15) is 83.1 Å². The first-order valence-electron chi connectivity index (χ1n) is 15.7. The van der Waals surface area contributed by atoms with Crippen LogP contribution < -0.4 is 0 Å². The molecule has 0 aliphatic carbocycles. The first-order valence-corrected chi connectivity index (χ1v) is 27.3. The smallest absolute Gasteiger partial charge is 0.192 e. The van der Waals surface area contributed by atoms with Gasteiger partial charge in [-0.2, -0.15) is 0 Å². The molecule has 1 saturated heterocycles. The third-order valence-electron chi connectivity index (χ3n) is 10.9. The van der Waals surface area contributed by atoms with E-state index in [1.54, 1.807) is 7.11 Å². The lowest BCUT2D eigenvalue weighted by Gasteiger charge is -2.54. The monoisotopic (exact) mass is 650 g/mol. The van der Waals surface area contributed by atoms with Crippen LogP contribution in [0, 0.1) is 0 Å². The van der Waals surface area contributed by atoms with Crippen LogP contribution in [0.4, 0.5) is 0 Å². The van der Waals surface area contributed by atoms with Crippen molar-refractivity contribution in [3.8, 4) is 0 Å². The van der Waals surface area contributed by atoms with E-state index in [2.05, 4.69) is 135 Å². The second-order valence-corrected chi connectivity index (χ2v) is 37.5. The highest BCUT2D eigenvalue weighted by atomic mass is 28.4. The zero-order valence-electron chi connectivity index (χ0n) is 31.0. The summed E-state index contributed by atoms with van der Waals surface area (Å²) in [5.41, 5.74) is 0. The molecule has 0 aromatic heterocycles. The highest BCUT2D eigenvalue weighted by Gasteiger charge is 2.57. The summed E-state index contributed by atoms with van der Waals surface area (Å²) in [6.07, 6.45) is -2.00. The van der Waals surface area contributed by atoms with Crippen molar-refractivity contribution in [3.63, 3.8) is 0 Å². The fraction of sp³-hybridized carbons (Fsp3) is 1.00. The van der Waals surface area contributed by atoms with Crippen molar-refractivity contribution < 1.29 is 27.2 Å². The molecule has 246 valence electrons. The Morgan fingerprint density at radius 2 is 0.805 bits per heavy atom. The summed E-state index contributed by atoms with van der Waals surface area (Å²) in [5.74, 6) is 0. The van der Waals surface area contributed by atoms with Gasteiger partial charge in [0.1, 0.15) is 24.4 Å². The molecule has 0 spiro atoms. The molecular weight excluding hydrogens is 581 g/mol. The molecule has 0 unspecified atom stereocenters. The van der Waals surface area contributed by atoms with E-state index in [9.17, 15) is 0 Å². The minimum Gasteiger partial charge on any atom is -0.414 e. The largest absolute Gasteiger partial charge is 0.414 e. The normalized spacial score (nSPS) is 26.4. The van der Waals surface area contributed by atoms with Gasteiger partial charge in [0.2, 0.25) is 0 Å². The Hall–Kier alpha value is 0.628. The van der Waals surface area contributed by atoms with Crippen molar-refractivity contribution in [2.24, 2.45) is 0 Å². The zero-order chi connectivity index (χ0) is 32.8. The number of ether oxygens (including phenoxy) is 2. The fourth-order valence-electron chi connectivity index (χ4n) is 3.66. The minimum absolute atomic E-state index is 0.0179. The Morgan fingerprint density at radius 1 is 0.488 bits per heavy atom. The SMILES string of the molecule is CO[C@H]1O[C@H](CO[Si](C)(C)C(C)(C)C)[C@@H](O[Si](C)(C)C(C)(C)C)[C@H](O[Si](C)(C)C(C)(C)C)[C@@H]1O[Si](C)(C)C(C)(C)C. The number of methoxy groups -OCH3 is 1. The van der Waals surface area contributed by atoms with E-state index in [0.717, 1.165) is 0 Å². The van der Waals surface area contributed by atoms with Crippen LogP contribution in [0.5, 0.6) is 0 Å². The van der Waals surface area contributed by atoms with Gasteiger partial charge >= 0.3 is 0 Å². The van der Waals surface area contributed by atoms with Crippen molar-refractivity contribution in [1.29, 1.82) is 0 Å². The lowest BCUT2D eigenvalue weighted by Crippen LogP contribution is -2.68. The molecule has 1 aliphatic rings. The third-order valence-corrected chi connectivity index (χ3v) is 28.9. The van der Waals surface area contributed by atoms with Gasteiger partial charge in [-0.05, 0) is 72.5 Å². The zero-order valence-corrected chi connectivity index (χ0v) is 35.0. The quantitative estimate of drug-likeness (QED) is 0.220. The summed E-state index contributed by atoms with van der Waals surface area (Å²) in [5, 5.41) is 0.144. The van der Waals surface area contributed by atoms with E-state index in [0.29, 0.717) is 6.61 Å². The lowest BCUT2D eigenvalue weighted by molar-refractivity contribution is -0.284. The van der Waals surface area contributed by atoms with Crippen LogP contribution in [-0.2, 0) is 27.2 Å². The Bertz CT molecular complexity index is 847. The molecule has 5 atom stereocenters. The van der Waals surface area contributed by atoms with Crippen molar-refractivity contribution in [3.05, 3.63) is 0 Å². The van der Waals surface area contributed by atoms with Crippen LogP contribution in [0.2, 0.25) is 72.5 Å². The Labute approximate surface area is 259 Å². The molecule has 0 saturated carbocycles. The molecule has 0 amide bonds. The molecular formula is C31H70O6Si4. The standard InChI is InChI=1S/C31H70O6Si4/c1-28(2,3)38(14,15)33-22-23-24(35-39(16,17)29(4,5)6)25(36-40(18,19)30(7,8)9)26(27(32-13)34-23)37-41(20,21)31(10,11)12/h23-27H,22H2,1-21H3/t23-,24-,25+,26+,27+/m1/s1. The van der Waals surface area contributed by atoms with Gasteiger partial charge in [0.25, 0.3) is 0 Å². The maximum Gasteiger partial charge on any atom is 0.192 e. The van der Waals surface area contributed by atoms with Crippen LogP contribution in [0.25, 0.3) is 0 Å². The van der Waals surface area contributed by atoms with Gasteiger partial charge in [0.05, 0.1) is 6.61 Å². The molecule has 1 fully saturated rings. The number of hydrogen-bond acceptors (Lipinski definition) is 6. The van der Waals surface area contributed by atoms with Gasteiger partial charge in [0.15, 0.2) is 39.6 Å². The molecule has 0 bridgehead atoms. The van der Waals surface area contributed by atoms with Gasteiger partial charge in [-0.25, -0.2) is 0 Å². The molecule has 0 N–H and O–H groups in total. The first-order chi connectivity index (χ1) is 17.8.